The molecule has 0 bridgehead atoms. The molecule has 0 saturated carbocycles. The summed E-state index contributed by atoms with van der Waals surface area (Å²) in [6.07, 6.45) is 4.99. The van der Waals surface area contributed by atoms with E-state index in [9.17, 15) is 15.3 Å². The number of nitrogens with zero attached hydrogens (tertiary/aromatic N) is 3. The number of benzene rings is 4. The van der Waals surface area contributed by atoms with Gasteiger partial charge in [0, 0.05) is 49.4 Å². The Labute approximate surface area is 399 Å². The number of phenols is 3. The van der Waals surface area contributed by atoms with Crippen LogP contribution in [0, 0.1) is 0 Å². The maximum atomic E-state index is 10.3. The molecule has 3 N–H and O–H groups in total. The van der Waals surface area contributed by atoms with E-state index >= 15 is 0 Å². The predicted octanol–water partition coefficient (Wildman–Crippen LogP) is 14.7. The van der Waals surface area contributed by atoms with Crippen molar-refractivity contribution in [1.82, 2.24) is 0 Å². The molecular weight excluding hydrogens is 1060 g/mol. The molecule has 0 atom stereocenters. The number of para-hydroxylation sites is 4. The van der Waals surface area contributed by atoms with E-state index in [-0.39, 0.29) is 22.0 Å². The number of hydrogen-bond donors (Lipinski definition) is 3. The fourth-order valence-corrected chi connectivity index (χ4v) is 4.97. The maximum absolute atomic E-state index is 10.3. The first-order valence-electron chi connectivity index (χ1n) is 17.1. The summed E-state index contributed by atoms with van der Waals surface area (Å²) in [5.41, 5.74) is 5.55. The Bertz CT molecular complexity index is 1750. The SMILES string of the molecule is CC(C)(C)c1cccc(C=Nc2ccccc2Cl)c1O.CN=Cc1cccc(C(C)(C)C)c1O.CN=Cc1cccc(C(C)(C)C)c1O.[Cl][Ti][Cl].[Cl][Zr][Cl].[Cl][Zr][Cl]. The number of phenolic OH excluding ortho intramolecular Hbond substituents is 3. The van der Waals surface area contributed by atoms with Gasteiger partial charge >= 0.3 is 111 Å². The number of aliphatic imine (C=N–C) groups is 3. The fraction of sp³-hybridized carbons (Fsp3) is 0.341. The van der Waals surface area contributed by atoms with E-state index in [1.54, 1.807) is 38.8 Å². The molecule has 0 spiro atoms. The van der Waals surface area contributed by atoms with E-state index in [4.69, 9.17) is 64.3 Å². The summed E-state index contributed by atoms with van der Waals surface area (Å²) in [6.45, 7) is 18.7. The van der Waals surface area contributed by atoms with Gasteiger partial charge in [0.2, 0.25) is 0 Å². The molecule has 0 fully saturated rings. The zero-order chi connectivity index (χ0) is 44.4. The monoisotopic (exact) mass is 1110 g/mol. The van der Waals surface area contributed by atoms with Crippen molar-refractivity contribution in [3.8, 4) is 17.2 Å². The Balaban J connectivity index is 0. The van der Waals surface area contributed by atoms with Crippen molar-refractivity contribution >= 4 is 88.6 Å². The van der Waals surface area contributed by atoms with Crippen molar-refractivity contribution in [3.05, 3.63) is 117 Å². The molecule has 0 radical (unpaired) electrons. The summed E-state index contributed by atoms with van der Waals surface area (Å²) in [6, 6.07) is 24.6. The van der Waals surface area contributed by atoms with Crippen molar-refractivity contribution in [2.45, 2.75) is 78.6 Å². The van der Waals surface area contributed by atoms with Crippen LogP contribution in [0.4, 0.5) is 5.69 Å². The van der Waals surface area contributed by atoms with Crippen LogP contribution >= 0.6 is 64.3 Å². The van der Waals surface area contributed by atoms with Gasteiger partial charge in [-0.15, -0.1) is 0 Å². The van der Waals surface area contributed by atoms with Crippen molar-refractivity contribution in [2.75, 3.05) is 14.1 Å². The van der Waals surface area contributed by atoms with Crippen LogP contribution in [0.1, 0.15) is 95.7 Å². The second-order valence-corrected chi connectivity index (χ2v) is 25.1. The minimum atomic E-state index is -0.826. The third-order valence-corrected chi connectivity index (χ3v) is 7.68. The van der Waals surface area contributed by atoms with Gasteiger partial charge in [-0.05, 0) is 63.3 Å². The average molecular weight is 1110 g/mol. The first-order valence-corrected chi connectivity index (χ1v) is 34.4. The average Bonchev–Trinajstić information content (AvgIpc) is 3.11. The summed E-state index contributed by atoms with van der Waals surface area (Å²) in [5.74, 6) is 0.951. The van der Waals surface area contributed by atoms with Crippen LogP contribution in [0.2, 0.25) is 5.02 Å². The quantitative estimate of drug-likeness (QED) is 0.140. The Morgan fingerprint density at radius 2 is 0.789 bits per heavy atom. The molecule has 0 amide bonds. The molecule has 4 aromatic rings. The van der Waals surface area contributed by atoms with Crippen LogP contribution in [0.5, 0.6) is 17.2 Å². The van der Waals surface area contributed by atoms with Gasteiger partial charge in [0.05, 0.1) is 10.7 Å². The molecule has 0 unspecified atom stereocenters. The Morgan fingerprint density at radius 3 is 1.05 bits per heavy atom. The number of halogens is 7. The van der Waals surface area contributed by atoms with Crippen LogP contribution in [-0.4, -0.2) is 48.1 Å². The molecule has 0 saturated heterocycles. The van der Waals surface area contributed by atoms with E-state index in [0.717, 1.165) is 27.8 Å². The van der Waals surface area contributed by atoms with E-state index in [1.165, 1.54) is 0 Å². The Hall–Kier alpha value is -0.199. The van der Waals surface area contributed by atoms with Gasteiger partial charge in [0.25, 0.3) is 0 Å². The molecule has 4 rings (SSSR count). The normalized spacial score (nSPS) is 11.0. The van der Waals surface area contributed by atoms with E-state index in [1.807, 2.05) is 72.8 Å². The number of hydrogen-bond acceptors (Lipinski definition) is 6. The molecule has 310 valence electrons. The zero-order valence-electron chi connectivity index (χ0n) is 34.1. The molecule has 4 aromatic carbocycles. The summed E-state index contributed by atoms with van der Waals surface area (Å²) in [5, 5.41) is 30.9. The van der Waals surface area contributed by atoms with Crippen molar-refractivity contribution in [3.63, 3.8) is 0 Å². The molecule has 16 heteroatoms. The summed E-state index contributed by atoms with van der Waals surface area (Å²) < 4.78 is 0. The molecule has 0 heterocycles. The molecule has 6 nitrogen and oxygen atoms in total. The topological polar surface area (TPSA) is 97.8 Å². The first kappa shape index (κ1) is 58.9. The van der Waals surface area contributed by atoms with Crippen LogP contribution in [0.25, 0.3) is 0 Å². The van der Waals surface area contributed by atoms with Crippen LogP contribution < -0.4 is 0 Å². The van der Waals surface area contributed by atoms with Gasteiger partial charge in [-0.2, -0.15) is 0 Å². The van der Waals surface area contributed by atoms with Crippen molar-refractivity contribution in [2.24, 2.45) is 15.0 Å². The van der Waals surface area contributed by atoms with E-state index in [2.05, 4.69) is 77.3 Å². The number of aromatic hydroxyl groups is 3. The second kappa shape index (κ2) is 31.6. The minimum absolute atomic E-state index is 0.0400. The van der Waals surface area contributed by atoms with E-state index < -0.39 is 58.7 Å². The fourth-order valence-electron chi connectivity index (χ4n) is 4.79. The van der Waals surface area contributed by atoms with Crippen LogP contribution in [0.15, 0.2) is 93.8 Å². The summed E-state index contributed by atoms with van der Waals surface area (Å²) in [7, 11) is 32.9. The molecule has 0 aliphatic carbocycles. The summed E-state index contributed by atoms with van der Waals surface area (Å²) in [4.78, 5) is 12.2. The van der Waals surface area contributed by atoms with Gasteiger partial charge in [-0.1, -0.05) is 122 Å². The zero-order valence-corrected chi connectivity index (χ0v) is 45.8. The van der Waals surface area contributed by atoms with Gasteiger partial charge in [0.1, 0.15) is 17.2 Å². The predicted molar refractivity (Wildman–Crippen MR) is 241 cm³/mol. The second-order valence-electron chi connectivity index (χ2n) is 14.7. The van der Waals surface area contributed by atoms with Crippen molar-refractivity contribution < 1.29 is 74.0 Å². The molecule has 0 aliphatic rings. The summed E-state index contributed by atoms with van der Waals surface area (Å²) >= 11 is 3.85. The van der Waals surface area contributed by atoms with E-state index in [0.29, 0.717) is 27.8 Å². The van der Waals surface area contributed by atoms with Gasteiger partial charge in [-0.3, -0.25) is 15.0 Å². The molecular formula is C41H52Cl7N3O3TiZr2. The van der Waals surface area contributed by atoms with Gasteiger partial charge < -0.3 is 15.3 Å². The first-order chi connectivity index (χ1) is 26.6. The Kier molecular flexibility index (Phi) is 32.7. The van der Waals surface area contributed by atoms with Crippen molar-refractivity contribution in [1.29, 1.82) is 0 Å². The molecule has 57 heavy (non-hydrogen) atoms. The number of rotatable bonds is 4. The molecule has 0 aromatic heterocycles. The molecule has 0 aliphatic heterocycles. The van der Waals surface area contributed by atoms with Gasteiger partial charge in [-0.25, -0.2) is 0 Å². The van der Waals surface area contributed by atoms with Crippen LogP contribution in [-0.2, 0) is 75.0 Å². The standard InChI is InChI=1S/C17H18ClNO.2C12H17NO.6ClH.Ti.2Zr/c1-17(2,3)13-8-6-7-12(16(13)20)11-19-15-10-5-4-9-14(15)18;2*1-12(2,3)10-7-5-6-9(8-13-4)11(10)14;;;;;;;;;/h4-11,20H,1-3H3;2*5-8,14H,1-4H3;6*1H;;;/q;;;;;;;;;3*+2/p-6. The van der Waals surface area contributed by atoms with Crippen LogP contribution in [0.3, 0.4) is 0 Å². The third-order valence-electron chi connectivity index (χ3n) is 7.36. The Morgan fingerprint density at radius 1 is 0.509 bits per heavy atom. The van der Waals surface area contributed by atoms with Gasteiger partial charge in [0.15, 0.2) is 0 Å². The third kappa shape index (κ3) is 24.1.